The van der Waals surface area contributed by atoms with E-state index in [1.807, 2.05) is 19.9 Å². The quantitative estimate of drug-likeness (QED) is 0.203. The van der Waals surface area contributed by atoms with Gasteiger partial charge in [0.1, 0.15) is 29.4 Å². The number of nitrogens with zero attached hydrogens (tertiary/aromatic N) is 8. The number of nitrogen functional groups attached to an aromatic ring is 1. The largest absolute Gasteiger partial charge is 0.496 e. The number of amides is 2. The Hall–Kier alpha value is -5.58. The van der Waals surface area contributed by atoms with Crippen LogP contribution in [0.3, 0.4) is 0 Å². The molecule has 4 N–H and O–H groups in total. The number of aromatic nitrogens is 8. The number of likely N-dealkylation sites (N-methyl/N-ethyl adjacent to an activating group) is 1. The normalized spacial score (nSPS) is 18.5. The molecule has 2 amide bonds. The standard InChI is InChI=1S/C33H39N11O6/c1-6-35-30(46)20-11-12-21(50-20)44-15-36-22-25(34)37-32(39-27(22)44)40-29(45)18-10-9-16-13-17(14-19(16)24(18)49-5)26-38-28-23(41(26)4)31(47)43(8-3)33(48)42(28)7-2/h9-10,15,17,20-21H,6-8,11-14H2,1-5H3,(H,35,46)(H3,34,37,39,40,45). The van der Waals surface area contributed by atoms with Crippen LogP contribution in [-0.4, -0.2) is 69.8 Å². The zero-order chi connectivity index (χ0) is 35.4. The highest BCUT2D eigenvalue weighted by Gasteiger charge is 2.34. The molecule has 1 saturated heterocycles. The summed E-state index contributed by atoms with van der Waals surface area (Å²) in [6, 6.07) is 3.58. The van der Waals surface area contributed by atoms with Gasteiger partial charge >= 0.3 is 5.69 Å². The smallest absolute Gasteiger partial charge is 0.332 e. The van der Waals surface area contributed by atoms with E-state index in [0.717, 1.165) is 11.1 Å². The van der Waals surface area contributed by atoms with Crippen molar-refractivity contribution in [1.82, 2.24) is 43.5 Å². The molecular weight excluding hydrogens is 646 g/mol. The first-order chi connectivity index (χ1) is 24.1. The van der Waals surface area contributed by atoms with Gasteiger partial charge in [-0.15, -0.1) is 0 Å². The summed E-state index contributed by atoms with van der Waals surface area (Å²) in [6.45, 7) is 6.61. The molecule has 3 unspecified atom stereocenters. The number of hydrogen-bond acceptors (Lipinski definition) is 11. The Morgan fingerprint density at radius 1 is 1.04 bits per heavy atom. The van der Waals surface area contributed by atoms with Crippen molar-refractivity contribution >= 4 is 45.9 Å². The van der Waals surface area contributed by atoms with Gasteiger partial charge in [-0.25, -0.2) is 14.8 Å². The second-order valence-electron chi connectivity index (χ2n) is 12.4. The average molecular weight is 686 g/mol. The lowest BCUT2D eigenvalue weighted by atomic mass is 10.0. The first-order valence-electron chi connectivity index (χ1n) is 16.7. The van der Waals surface area contributed by atoms with Crippen LogP contribution in [0, 0.1) is 0 Å². The Labute approximate surface area is 285 Å². The summed E-state index contributed by atoms with van der Waals surface area (Å²) in [4.78, 5) is 70.3. The highest BCUT2D eigenvalue weighted by Crippen LogP contribution is 2.41. The van der Waals surface area contributed by atoms with E-state index in [9.17, 15) is 19.2 Å². The third-order valence-corrected chi connectivity index (χ3v) is 9.62. The van der Waals surface area contributed by atoms with Gasteiger partial charge in [0, 0.05) is 32.6 Å². The van der Waals surface area contributed by atoms with Crippen molar-refractivity contribution in [2.24, 2.45) is 7.05 Å². The number of carbonyl (C=O) groups excluding carboxylic acids is 2. The zero-order valence-corrected chi connectivity index (χ0v) is 28.5. The number of benzene rings is 1. The number of nitrogens with two attached hydrogens (primary N) is 1. The van der Waals surface area contributed by atoms with Gasteiger partial charge in [-0.1, -0.05) is 6.07 Å². The van der Waals surface area contributed by atoms with Crippen molar-refractivity contribution in [3.05, 3.63) is 61.8 Å². The Balaban J connectivity index is 1.16. The van der Waals surface area contributed by atoms with Crippen molar-refractivity contribution in [1.29, 1.82) is 0 Å². The first kappa shape index (κ1) is 32.9. The summed E-state index contributed by atoms with van der Waals surface area (Å²) in [5.74, 6) is 0.340. The van der Waals surface area contributed by atoms with Gasteiger partial charge in [0.15, 0.2) is 22.6 Å². The van der Waals surface area contributed by atoms with Crippen LogP contribution in [0.4, 0.5) is 11.8 Å². The molecule has 4 aromatic heterocycles. The summed E-state index contributed by atoms with van der Waals surface area (Å²) >= 11 is 0. The average Bonchev–Trinajstić information content (AvgIpc) is 3.89. The minimum absolute atomic E-state index is 0.0279. The molecule has 262 valence electrons. The number of carbonyl (C=O) groups is 2. The van der Waals surface area contributed by atoms with Gasteiger partial charge in [0.2, 0.25) is 11.9 Å². The third-order valence-electron chi connectivity index (χ3n) is 9.62. The maximum atomic E-state index is 13.7. The molecule has 50 heavy (non-hydrogen) atoms. The number of aryl methyl sites for hydroxylation is 2. The minimum Gasteiger partial charge on any atom is -0.496 e. The molecule has 17 heteroatoms. The molecule has 2 aliphatic rings. The molecule has 0 spiro atoms. The van der Waals surface area contributed by atoms with Crippen LogP contribution in [-0.2, 0) is 42.5 Å². The molecule has 17 nitrogen and oxygen atoms in total. The van der Waals surface area contributed by atoms with Crippen LogP contribution in [0.1, 0.15) is 73.1 Å². The Kier molecular flexibility index (Phi) is 8.37. The van der Waals surface area contributed by atoms with Crippen molar-refractivity contribution in [2.75, 3.05) is 24.7 Å². The van der Waals surface area contributed by atoms with Crippen molar-refractivity contribution < 1.29 is 19.1 Å². The van der Waals surface area contributed by atoms with Crippen LogP contribution < -0.4 is 32.4 Å². The van der Waals surface area contributed by atoms with E-state index in [0.29, 0.717) is 72.7 Å². The second-order valence-corrected chi connectivity index (χ2v) is 12.4. The fraction of sp³-hybridized carbons (Fsp3) is 0.455. The predicted octanol–water partition coefficient (Wildman–Crippen LogP) is 1.62. The SMILES string of the molecule is CCNC(=O)C1CCC(n2cnc3c(N)nc(NC(=O)c4ccc5c(c4OC)CC(c4nc6c(c(=O)n(CC)c(=O)n6CC)n4C)C5)nc32)O1. The lowest BCUT2D eigenvalue weighted by Crippen LogP contribution is -2.39. The molecular formula is C33H39N11O6. The van der Waals surface area contributed by atoms with E-state index in [4.69, 9.17) is 20.2 Å². The number of fused-ring (bicyclic) bond motifs is 3. The first-order valence-corrected chi connectivity index (χ1v) is 16.7. The topological polar surface area (TPSA) is 208 Å². The number of rotatable bonds is 9. The lowest BCUT2D eigenvalue weighted by Gasteiger charge is -2.15. The monoisotopic (exact) mass is 685 g/mol. The summed E-state index contributed by atoms with van der Waals surface area (Å²) in [5, 5.41) is 5.54. The molecule has 1 fully saturated rings. The zero-order valence-electron chi connectivity index (χ0n) is 28.5. The van der Waals surface area contributed by atoms with E-state index in [-0.39, 0.29) is 46.9 Å². The number of methoxy groups -OCH3 is 1. The van der Waals surface area contributed by atoms with Crippen molar-refractivity contribution in [2.45, 2.75) is 77.8 Å². The maximum absolute atomic E-state index is 13.7. The van der Waals surface area contributed by atoms with Crippen LogP contribution in [0.25, 0.3) is 22.3 Å². The van der Waals surface area contributed by atoms with E-state index < -0.39 is 18.2 Å². The molecule has 5 heterocycles. The lowest BCUT2D eigenvalue weighted by molar-refractivity contribution is -0.133. The highest BCUT2D eigenvalue weighted by molar-refractivity contribution is 6.06. The van der Waals surface area contributed by atoms with E-state index >= 15 is 0 Å². The van der Waals surface area contributed by atoms with Crippen molar-refractivity contribution in [3.8, 4) is 5.75 Å². The summed E-state index contributed by atoms with van der Waals surface area (Å²) < 4.78 is 18.0. The van der Waals surface area contributed by atoms with Crippen molar-refractivity contribution in [3.63, 3.8) is 0 Å². The summed E-state index contributed by atoms with van der Waals surface area (Å²) in [5.41, 5.74) is 9.07. The van der Waals surface area contributed by atoms with Crippen LogP contribution in [0.5, 0.6) is 5.75 Å². The molecule has 1 aliphatic heterocycles. The van der Waals surface area contributed by atoms with Gasteiger partial charge in [-0.3, -0.25) is 33.4 Å². The van der Waals surface area contributed by atoms with Crippen LogP contribution >= 0.6 is 0 Å². The Morgan fingerprint density at radius 2 is 1.82 bits per heavy atom. The maximum Gasteiger partial charge on any atom is 0.332 e. The minimum atomic E-state index is -0.588. The fourth-order valence-electron chi connectivity index (χ4n) is 7.25. The Morgan fingerprint density at radius 3 is 2.54 bits per heavy atom. The second kappa shape index (κ2) is 12.7. The van der Waals surface area contributed by atoms with E-state index in [2.05, 4.69) is 25.6 Å². The van der Waals surface area contributed by atoms with Crippen LogP contribution in [0.2, 0.25) is 0 Å². The van der Waals surface area contributed by atoms with Crippen LogP contribution in [0.15, 0.2) is 28.0 Å². The summed E-state index contributed by atoms with van der Waals surface area (Å²) in [6.07, 6.45) is 2.67. The molecule has 1 aromatic carbocycles. The fourth-order valence-corrected chi connectivity index (χ4v) is 7.25. The molecule has 0 saturated carbocycles. The molecule has 3 atom stereocenters. The molecule has 5 aromatic rings. The van der Waals surface area contributed by atoms with Gasteiger partial charge in [-0.2, -0.15) is 9.97 Å². The van der Waals surface area contributed by atoms with Gasteiger partial charge in [-0.05, 0) is 63.6 Å². The van der Waals surface area contributed by atoms with E-state index in [1.165, 1.54) is 22.6 Å². The summed E-state index contributed by atoms with van der Waals surface area (Å²) in [7, 11) is 3.31. The molecule has 0 bridgehead atoms. The highest BCUT2D eigenvalue weighted by atomic mass is 16.5. The molecule has 1 aliphatic carbocycles. The third kappa shape index (κ3) is 5.19. The van der Waals surface area contributed by atoms with E-state index in [1.54, 1.807) is 29.2 Å². The molecule has 7 rings (SSSR count). The van der Waals surface area contributed by atoms with Gasteiger partial charge in [0.25, 0.3) is 11.5 Å². The number of hydrogen-bond donors (Lipinski definition) is 3. The van der Waals surface area contributed by atoms with Gasteiger partial charge in [0.05, 0.1) is 19.0 Å². The number of imidazole rings is 2. The van der Waals surface area contributed by atoms with Gasteiger partial charge < -0.3 is 25.1 Å². The predicted molar refractivity (Wildman–Crippen MR) is 183 cm³/mol. The number of nitrogens with one attached hydrogen (secondary N) is 2. The molecule has 0 radical (unpaired) electrons. The Bertz CT molecular complexity index is 2300. The number of anilines is 2. The number of ether oxygens (including phenoxy) is 2.